The maximum Gasteiger partial charge on any atom is 0.100 e. The molecule has 0 aliphatic heterocycles. The van der Waals surface area contributed by atoms with E-state index < -0.39 is 0 Å². The molecule has 0 amide bonds. The van der Waals surface area contributed by atoms with Gasteiger partial charge in [-0.3, -0.25) is 0 Å². The molecule has 3 rings (SSSR count). The molecule has 0 fully saturated rings. The normalized spacial score (nSPS) is 10.9. The Kier molecular flexibility index (Phi) is 3.91. The summed E-state index contributed by atoms with van der Waals surface area (Å²) in [6.07, 6.45) is 0.795. The number of aromatic nitrogens is 2. The van der Waals surface area contributed by atoms with Gasteiger partial charge in [0.1, 0.15) is 5.01 Å². The van der Waals surface area contributed by atoms with Crippen molar-refractivity contribution < 1.29 is 0 Å². The van der Waals surface area contributed by atoms with Gasteiger partial charge < -0.3 is 5.73 Å². The first-order valence-corrected chi connectivity index (χ1v) is 8.11. The summed E-state index contributed by atoms with van der Waals surface area (Å²) in [5.41, 5.74) is 9.07. The molecule has 0 saturated carbocycles. The smallest absolute Gasteiger partial charge is 0.100 e. The molecule has 102 valence electrons. The zero-order chi connectivity index (χ0) is 13.9. The van der Waals surface area contributed by atoms with Crippen molar-refractivity contribution in [1.29, 1.82) is 0 Å². The van der Waals surface area contributed by atoms with Gasteiger partial charge in [-0.25, -0.2) is 9.97 Å². The predicted molar refractivity (Wildman–Crippen MR) is 85.1 cm³/mol. The first-order valence-electron chi connectivity index (χ1n) is 6.41. The van der Waals surface area contributed by atoms with Crippen LogP contribution in [0.15, 0.2) is 35.7 Å². The highest BCUT2D eigenvalue weighted by Gasteiger charge is 2.13. The topological polar surface area (TPSA) is 51.8 Å². The first kappa shape index (κ1) is 13.4. The molecule has 0 radical (unpaired) electrons. The quantitative estimate of drug-likeness (QED) is 0.800. The van der Waals surface area contributed by atoms with Crippen molar-refractivity contribution in [3.8, 4) is 11.3 Å². The zero-order valence-corrected chi connectivity index (χ0v) is 12.8. The molecular formula is C15H15N3S2. The van der Waals surface area contributed by atoms with E-state index in [1.165, 1.54) is 0 Å². The van der Waals surface area contributed by atoms with E-state index in [1.54, 1.807) is 22.7 Å². The van der Waals surface area contributed by atoms with Gasteiger partial charge in [0.2, 0.25) is 0 Å². The number of benzene rings is 1. The molecule has 0 saturated heterocycles. The van der Waals surface area contributed by atoms with Gasteiger partial charge in [-0.05, 0) is 6.92 Å². The minimum absolute atomic E-state index is 0.527. The Morgan fingerprint density at radius 1 is 1.10 bits per heavy atom. The van der Waals surface area contributed by atoms with Crippen LogP contribution >= 0.6 is 22.7 Å². The van der Waals surface area contributed by atoms with Crippen LogP contribution < -0.4 is 5.73 Å². The van der Waals surface area contributed by atoms with Crippen molar-refractivity contribution in [2.45, 2.75) is 19.9 Å². The fourth-order valence-electron chi connectivity index (χ4n) is 2.05. The monoisotopic (exact) mass is 301 g/mol. The number of nitrogens with zero attached hydrogens (tertiary/aromatic N) is 2. The Labute approximate surface area is 126 Å². The summed E-state index contributed by atoms with van der Waals surface area (Å²) < 4.78 is 0. The van der Waals surface area contributed by atoms with Gasteiger partial charge in [0.05, 0.1) is 17.1 Å². The molecule has 0 atom stereocenters. The van der Waals surface area contributed by atoms with E-state index in [4.69, 9.17) is 10.7 Å². The Balaban J connectivity index is 1.92. The molecule has 2 N–H and O–H groups in total. The van der Waals surface area contributed by atoms with Crippen LogP contribution in [0.2, 0.25) is 0 Å². The lowest BCUT2D eigenvalue weighted by molar-refractivity contribution is 1.07. The highest BCUT2D eigenvalue weighted by atomic mass is 32.1. The molecule has 3 aromatic rings. The van der Waals surface area contributed by atoms with E-state index in [0.29, 0.717) is 6.54 Å². The summed E-state index contributed by atoms with van der Waals surface area (Å²) in [5, 5.41) is 4.27. The fraction of sp³-hybridized carbons (Fsp3) is 0.200. The van der Waals surface area contributed by atoms with Gasteiger partial charge >= 0.3 is 0 Å². The average molecular weight is 301 g/mol. The SMILES string of the molecule is Cc1csc(Cc2nc(-c3ccccc3)c(CN)s2)n1. The number of rotatable bonds is 4. The molecule has 0 spiro atoms. The Morgan fingerprint density at radius 2 is 1.90 bits per heavy atom. The van der Waals surface area contributed by atoms with Gasteiger partial charge in [-0.1, -0.05) is 30.3 Å². The number of hydrogen-bond acceptors (Lipinski definition) is 5. The van der Waals surface area contributed by atoms with Crippen LogP contribution in [0.5, 0.6) is 0 Å². The van der Waals surface area contributed by atoms with Crippen molar-refractivity contribution in [1.82, 2.24) is 9.97 Å². The second-order valence-electron chi connectivity index (χ2n) is 4.51. The minimum Gasteiger partial charge on any atom is -0.326 e. The standard InChI is InChI=1S/C15H15N3S2/c1-10-9-19-13(17-10)7-14-18-15(12(8-16)20-14)11-5-3-2-4-6-11/h2-6,9H,7-8,16H2,1H3. The van der Waals surface area contributed by atoms with Crippen LogP contribution in [0.4, 0.5) is 0 Å². The molecule has 0 aliphatic rings. The zero-order valence-electron chi connectivity index (χ0n) is 11.2. The third-order valence-electron chi connectivity index (χ3n) is 2.94. The summed E-state index contributed by atoms with van der Waals surface area (Å²) in [7, 11) is 0. The largest absolute Gasteiger partial charge is 0.326 e. The van der Waals surface area contributed by atoms with Crippen molar-refractivity contribution in [2.75, 3.05) is 0 Å². The van der Waals surface area contributed by atoms with E-state index in [1.807, 2.05) is 25.1 Å². The van der Waals surface area contributed by atoms with E-state index in [2.05, 4.69) is 22.5 Å². The highest BCUT2D eigenvalue weighted by Crippen LogP contribution is 2.29. The van der Waals surface area contributed by atoms with Gasteiger partial charge in [-0.2, -0.15) is 0 Å². The van der Waals surface area contributed by atoms with Crippen molar-refractivity contribution in [3.05, 3.63) is 56.3 Å². The summed E-state index contributed by atoms with van der Waals surface area (Å²) in [4.78, 5) is 10.4. The van der Waals surface area contributed by atoms with Crippen LogP contribution in [0.1, 0.15) is 20.6 Å². The molecule has 0 bridgehead atoms. The van der Waals surface area contributed by atoms with E-state index in [0.717, 1.165) is 38.3 Å². The molecule has 0 unspecified atom stereocenters. The first-order chi connectivity index (χ1) is 9.76. The average Bonchev–Trinajstić information content (AvgIpc) is 3.06. The lowest BCUT2D eigenvalue weighted by Crippen LogP contribution is -1.95. The van der Waals surface area contributed by atoms with Crippen molar-refractivity contribution in [3.63, 3.8) is 0 Å². The summed E-state index contributed by atoms with van der Waals surface area (Å²) in [6, 6.07) is 10.2. The molecule has 1 aromatic carbocycles. The molecule has 2 heterocycles. The van der Waals surface area contributed by atoms with Gasteiger partial charge in [0.25, 0.3) is 0 Å². The van der Waals surface area contributed by atoms with Crippen LogP contribution in [-0.4, -0.2) is 9.97 Å². The van der Waals surface area contributed by atoms with E-state index >= 15 is 0 Å². The molecule has 5 heteroatoms. The van der Waals surface area contributed by atoms with Crippen LogP contribution in [-0.2, 0) is 13.0 Å². The third-order valence-corrected chi connectivity index (χ3v) is 4.99. The van der Waals surface area contributed by atoms with Gasteiger partial charge in [0.15, 0.2) is 0 Å². The number of hydrogen-bond donors (Lipinski definition) is 1. The second kappa shape index (κ2) is 5.83. The summed E-state index contributed by atoms with van der Waals surface area (Å²) in [5.74, 6) is 0. The second-order valence-corrected chi connectivity index (χ2v) is 6.62. The maximum atomic E-state index is 5.86. The Hall–Kier alpha value is -1.56. The predicted octanol–water partition coefficient (Wildman–Crippen LogP) is 3.62. The van der Waals surface area contributed by atoms with E-state index in [9.17, 15) is 0 Å². The van der Waals surface area contributed by atoms with E-state index in [-0.39, 0.29) is 0 Å². The van der Waals surface area contributed by atoms with Crippen LogP contribution in [0.3, 0.4) is 0 Å². The lowest BCUT2D eigenvalue weighted by atomic mass is 10.1. The maximum absolute atomic E-state index is 5.86. The highest BCUT2D eigenvalue weighted by molar-refractivity contribution is 7.12. The van der Waals surface area contributed by atoms with Crippen LogP contribution in [0.25, 0.3) is 11.3 Å². The van der Waals surface area contributed by atoms with Crippen LogP contribution in [0, 0.1) is 6.92 Å². The lowest BCUT2D eigenvalue weighted by Gasteiger charge is -1.98. The number of aryl methyl sites for hydroxylation is 1. The summed E-state index contributed by atoms with van der Waals surface area (Å²) in [6.45, 7) is 2.54. The molecular weight excluding hydrogens is 286 g/mol. The molecule has 20 heavy (non-hydrogen) atoms. The molecule has 0 aliphatic carbocycles. The number of nitrogens with two attached hydrogens (primary N) is 1. The third kappa shape index (κ3) is 2.80. The fourth-order valence-corrected chi connectivity index (χ4v) is 3.89. The van der Waals surface area contributed by atoms with Crippen molar-refractivity contribution >= 4 is 22.7 Å². The number of thiazole rings is 2. The van der Waals surface area contributed by atoms with Gasteiger partial charge in [-0.15, -0.1) is 22.7 Å². The molecule has 3 nitrogen and oxygen atoms in total. The molecule has 2 aromatic heterocycles. The van der Waals surface area contributed by atoms with Gasteiger partial charge in [0, 0.05) is 28.1 Å². The van der Waals surface area contributed by atoms with Crippen molar-refractivity contribution in [2.24, 2.45) is 5.73 Å². The minimum atomic E-state index is 0.527. The Bertz CT molecular complexity index is 701. The summed E-state index contributed by atoms with van der Waals surface area (Å²) >= 11 is 3.38. The Morgan fingerprint density at radius 3 is 2.55 bits per heavy atom.